The van der Waals surface area contributed by atoms with E-state index in [-0.39, 0.29) is 11.1 Å². The Bertz CT molecular complexity index is 484. The maximum atomic E-state index is 10.9. The van der Waals surface area contributed by atoms with Crippen molar-refractivity contribution in [2.75, 3.05) is 23.7 Å². The van der Waals surface area contributed by atoms with Crippen LogP contribution in [0.3, 0.4) is 0 Å². The van der Waals surface area contributed by atoms with Gasteiger partial charge in [-0.2, -0.15) is 0 Å². The quantitative estimate of drug-likeness (QED) is 0.531. The van der Waals surface area contributed by atoms with Gasteiger partial charge in [0, 0.05) is 36.6 Å². The van der Waals surface area contributed by atoms with Crippen molar-refractivity contribution >= 4 is 17.1 Å². The van der Waals surface area contributed by atoms with Gasteiger partial charge in [0.1, 0.15) is 0 Å². The van der Waals surface area contributed by atoms with Gasteiger partial charge >= 0.3 is 0 Å². The summed E-state index contributed by atoms with van der Waals surface area (Å²) in [6.07, 6.45) is 0.168. The van der Waals surface area contributed by atoms with Crippen LogP contribution in [0.5, 0.6) is 0 Å². The van der Waals surface area contributed by atoms with Crippen molar-refractivity contribution in [2.24, 2.45) is 5.41 Å². The second-order valence-corrected chi connectivity index (χ2v) is 6.36. The molecule has 0 aliphatic rings. The first-order valence-corrected chi connectivity index (χ1v) is 7.16. The third kappa shape index (κ3) is 6.44. The molecule has 0 spiro atoms. The molecular weight excluding hydrogens is 270 g/mol. The molecule has 0 fully saturated rings. The largest absolute Gasteiger partial charge is 0.391 e. The Morgan fingerprint density at radius 1 is 1.24 bits per heavy atom. The maximum absolute atomic E-state index is 10.9. The fourth-order valence-corrected chi connectivity index (χ4v) is 2.14. The van der Waals surface area contributed by atoms with Crippen LogP contribution in [0.25, 0.3) is 0 Å². The summed E-state index contributed by atoms with van der Waals surface area (Å²) >= 11 is 0. The first kappa shape index (κ1) is 17.2. The van der Waals surface area contributed by atoms with Crippen LogP contribution in [0, 0.1) is 15.5 Å². The van der Waals surface area contributed by atoms with E-state index in [4.69, 9.17) is 0 Å². The van der Waals surface area contributed by atoms with Gasteiger partial charge in [-0.3, -0.25) is 10.1 Å². The van der Waals surface area contributed by atoms with E-state index in [0.29, 0.717) is 30.9 Å². The number of rotatable bonds is 7. The topological polar surface area (TPSA) is 87.4 Å². The Kier molecular flexibility index (Phi) is 5.96. The van der Waals surface area contributed by atoms with Crippen molar-refractivity contribution in [3.8, 4) is 0 Å². The number of nitro groups is 1. The molecule has 0 heterocycles. The van der Waals surface area contributed by atoms with Crippen molar-refractivity contribution in [3.63, 3.8) is 0 Å². The van der Waals surface area contributed by atoms with Gasteiger partial charge in [-0.05, 0) is 24.8 Å². The minimum atomic E-state index is -0.494. The minimum Gasteiger partial charge on any atom is -0.391 e. The molecule has 6 nitrogen and oxygen atoms in total. The molecule has 1 atom stereocenters. The van der Waals surface area contributed by atoms with Gasteiger partial charge in [-0.25, -0.2) is 0 Å². The van der Waals surface area contributed by atoms with E-state index in [1.807, 2.05) is 6.92 Å². The lowest BCUT2D eigenvalue weighted by molar-refractivity contribution is -0.384. The zero-order chi connectivity index (χ0) is 16.0. The van der Waals surface area contributed by atoms with Crippen LogP contribution in [0.1, 0.15) is 34.1 Å². The fraction of sp³-hybridized carbons (Fsp3) is 0.600. The molecule has 0 bridgehead atoms. The smallest absolute Gasteiger partial charge is 0.273 e. The number of nitrogens with one attached hydrogen (secondary N) is 2. The van der Waals surface area contributed by atoms with E-state index in [9.17, 15) is 15.2 Å². The Morgan fingerprint density at radius 3 is 2.29 bits per heavy atom. The Labute approximate surface area is 125 Å². The molecule has 0 aliphatic heterocycles. The predicted octanol–water partition coefficient (Wildman–Crippen LogP) is 3.24. The number of anilines is 2. The molecule has 0 saturated carbocycles. The molecule has 1 aromatic rings. The summed E-state index contributed by atoms with van der Waals surface area (Å²) in [7, 11) is 0. The third-order valence-corrected chi connectivity index (χ3v) is 2.90. The van der Waals surface area contributed by atoms with Crippen LogP contribution < -0.4 is 10.6 Å². The van der Waals surface area contributed by atoms with E-state index in [1.54, 1.807) is 6.07 Å². The van der Waals surface area contributed by atoms with E-state index in [2.05, 4.69) is 31.4 Å². The van der Waals surface area contributed by atoms with Crippen LogP contribution in [-0.2, 0) is 0 Å². The lowest BCUT2D eigenvalue weighted by Gasteiger charge is -2.22. The van der Waals surface area contributed by atoms with Gasteiger partial charge in [-0.1, -0.05) is 20.8 Å². The van der Waals surface area contributed by atoms with E-state index < -0.39 is 11.0 Å². The van der Waals surface area contributed by atoms with Gasteiger partial charge < -0.3 is 15.7 Å². The molecule has 6 heteroatoms. The molecule has 3 N–H and O–H groups in total. The number of hydrogen-bond donors (Lipinski definition) is 3. The Balaban J connectivity index is 2.75. The molecule has 1 aromatic carbocycles. The highest BCUT2D eigenvalue weighted by Gasteiger charge is 2.17. The highest BCUT2D eigenvalue weighted by molar-refractivity contribution is 5.63. The summed E-state index contributed by atoms with van der Waals surface area (Å²) in [5.41, 5.74) is 1.40. The van der Waals surface area contributed by atoms with Gasteiger partial charge in [0.15, 0.2) is 0 Å². The summed E-state index contributed by atoms with van der Waals surface area (Å²) in [4.78, 5) is 10.5. The fourth-order valence-electron chi connectivity index (χ4n) is 2.14. The predicted molar refractivity (Wildman–Crippen MR) is 85.8 cm³/mol. The molecule has 0 aromatic heterocycles. The van der Waals surface area contributed by atoms with Crippen molar-refractivity contribution in [3.05, 3.63) is 28.3 Å². The molecule has 118 valence electrons. The first-order valence-electron chi connectivity index (χ1n) is 7.16. The summed E-state index contributed by atoms with van der Waals surface area (Å²) in [6, 6.07) is 4.78. The molecule has 0 saturated heterocycles. The van der Waals surface area contributed by atoms with Gasteiger partial charge in [0.25, 0.3) is 5.69 Å². The second kappa shape index (κ2) is 7.26. The first-order chi connectivity index (χ1) is 9.71. The van der Waals surface area contributed by atoms with Crippen LogP contribution in [0.4, 0.5) is 17.1 Å². The monoisotopic (exact) mass is 295 g/mol. The molecule has 0 amide bonds. The number of non-ortho nitro benzene ring substituents is 1. The standard InChI is InChI=1S/C15H25N3O3/c1-5-16-11-6-12(8-13(7-11)18(20)21)17-10-14(19)9-15(2,3)4/h6-8,14,16-17,19H,5,9-10H2,1-4H3. The number of nitrogens with zero attached hydrogens (tertiary/aromatic N) is 1. The molecule has 21 heavy (non-hydrogen) atoms. The number of nitro benzene ring substituents is 1. The van der Waals surface area contributed by atoms with Crippen LogP contribution in [0.2, 0.25) is 0 Å². The SMILES string of the molecule is CCNc1cc(NCC(O)CC(C)(C)C)cc([N+](=O)[O-])c1. The van der Waals surface area contributed by atoms with E-state index >= 15 is 0 Å². The number of benzene rings is 1. The lowest BCUT2D eigenvalue weighted by Crippen LogP contribution is -2.25. The summed E-state index contributed by atoms with van der Waals surface area (Å²) in [5, 5.41) is 27.1. The van der Waals surface area contributed by atoms with Gasteiger partial charge in [0.05, 0.1) is 11.0 Å². The van der Waals surface area contributed by atoms with Crippen molar-refractivity contribution in [1.82, 2.24) is 0 Å². The third-order valence-electron chi connectivity index (χ3n) is 2.90. The maximum Gasteiger partial charge on any atom is 0.273 e. The molecule has 0 aliphatic carbocycles. The Morgan fingerprint density at radius 2 is 1.81 bits per heavy atom. The molecule has 1 unspecified atom stereocenters. The average molecular weight is 295 g/mol. The Hall–Kier alpha value is -1.82. The second-order valence-electron chi connectivity index (χ2n) is 6.36. The lowest BCUT2D eigenvalue weighted by atomic mass is 9.89. The minimum absolute atomic E-state index is 0.0289. The van der Waals surface area contributed by atoms with Crippen LogP contribution in [0.15, 0.2) is 18.2 Å². The zero-order valence-electron chi connectivity index (χ0n) is 13.1. The van der Waals surface area contributed by atoms with E-state index in [0.717, 1.165) is 0 Å². The van der Waals surface area contributed by atoms with Crippen molar-refractivity contribution < 1.29 is 10.0 Å². The van der Waals surface area contributed by atoms with Crippen LogP contribution in [-0.4, -0.2) is 29.2 Å². The van der Waals surface area contributed by atoms with Gasteiger partial charge in [0.2, 0.25) is 0 Å². The summed E-state index contributed by atoms with van der Waals surface area (Å²) in [5.74, 6) is 0. The molecule has 0 radical (unpaired) electrons. The van der Waals surface area contributed by atoms with Crippen molar-refractivity contribution in [2.45, 2.75) is 40.2 Å². The van der Waals surface area contributed by atoms with Crippen molar-refractivity contribution in [1.29, 1.82) is 0 Å². The van der Waals surface area contributed by atoms with E-state index in [1.165, 1.54) is 12.1 Å². The number of hydrogen-bond acceptors (Lipinski definition) is 5. The zero-order valence-corrected chi connectivity index (χ0v) is 13.1. The van der Waals surface area contributed by atoms with Gasteiger partial charge in [-0.15, -0.1) is 0 Å². The molecule has 1 rings (SSSR count). The average Bonchev–Trinajstić information content (AvgIpc) is 2.34. The number of aliphatic hydroxyl groups excluding tert-OH is 1. The van der Waals surface area contributed by atoms with Crippen LogP contribution >= 0.6 is 0 Å². The highest BCUT2D eigenvalue weighted by atomic mass is 16.6. The normalized spacial score (nSPS) is 12.8. The summed E-state index contributed by atoms with van der Waals surface area (Å²) < 4.78 is 0. The summed E-state index contributed by atoms with van der Waals surface area (Å²) in [6.45, 7) is 9.17. The number of aliphatic hydroxyl groups is 1. The molecular formula is C15H25N3O3. The highest BCUT2D eigenvalue weighted by Crippen LogP contribution is 2.25.